The van der Waals surface area contributed by atoms with Gasteiger partial charge in [-0.2, -0.15) is 0 Å². The van der Waals surface area contributed by atoms with Crippen LogP contribution in [0, 0.1) is 0 Å². The fraction of sp³-hybridized carbons (Fsp3) is 0.412. The molecule has 28 heavy (non-hydrogen) atoms. The third kappa shape index (κ3) is 4.55. The Morgan fingerprint density at radius 2 is 2.04 bits per heavy atom. The number of carbonyl (C=O) groups is 1. The van der Waals surface area contributed by atoms with Crippen molar-refractivity contribution in [3.05, 3.63) is 47.2 Å². The molecular weight excluding hydrogens is 380 g/mol. The molecule has 3 aromatic rings. The van der Waals surface area contributed by atoms with Gasteiger partial charge in [0.2, 0.25) is 5.13 Å². The number of amides is 1. The first-order valence-electron chi connectivity index (χ1n) is 9.00. The van der Waals surface area contributed by atoms with Crippen molar-refractivity contribution in [1.82, 2.24) is 35.3 Å². The van der Waals surface area contributed by atoms with Crippen molar-refractivity contribution >= 4 is 22.4 Å². The standard InChI is InChI=1S/C17H20N8O2S/c26-16(15(25-12-18-22-23-25)13-4-2-1-3-5-13)19-17-21-20-14(28-17)6-7-24-8-10-27-11-9-24/h1-5,12,15H,6-11H2,(H,19,21,26). The molecule has 1 fully saturated rings. The lowest BCUT2D eigenvalue weighted by Gasteiger charge is -2.25. The first-order chi connectivity index (χ1) is 13.8. The van der Waals surface area contributed by atoms with E-state index < -0.39 is 6.04 Å². The molecule has 1 aromatic carbocycles. The van der Waals surface area contributed by atoms with Crippen molar-refractivity contribution in [3.8, 4) is 0 Å². The van der Waals surface area contributed by atoms with Crippen LogP contribution < -0.4 is 5.32 Å². The van der Waals surface area contributed by atoms with E-state index >= 15 is 0 Å². The Morgan fingerprint density at radius 1 is 1.21 bits per heavy atom. The fourth-order valence-corrected chi connectivity index (χ4v) is 3.74. The second kappa shape index (κ2) is 8.95. The zero-order valence-electron chi connectivity index (χ0n) is 15.1. The van der Waals surface area contributed by atoms with Crippen LogP contribution in [0.4, 0.5) is 5.13 Å². The number of hydrogen-bond donors (Lipinski definition) is 1. The molecule has 1 N–H and O–H groups in total. The quantitative estimate of drug-likeness (QED) is 0.615. The van der Waals surface area contributed by atoms with Gasteiger partial charge in [-0.05, 0) is 16.0 Å². The summed E-state index contributed by atoms with van der Waals surface area (Å²) in [5.74, 6) is -0.269. The maximum absolute atomic E-state index is 12.9. The first kappa shape index (κ1) is 18.6. The van der Waals surface area contributed by atoms with Crippen LogP contribution in [0.1, 0.15) is 16.6 Å². The number of rotatable bonds is 7. The van der Waals surface area contributed by atoms with Gasteiger partial charge in [0.15, 0.2) is 6.04 Å². The Bertz CT molecular complexity index is 880. The second-order valence-corrected chi connectivity index (χ2v) is 7.36. The highest BCUT2D eigenvalue weighted by Gasteiger charge is 2.25. The minimum Gasteiger partial charge on any atom is -0.379 e. The number of nitrogens with zero attached hydrogens (tertiary/aromatic N) is 7. The number of tetrazole rings is 1. The van der Waals surface area contributed by atoms with Gasteiger partial charge < -0.3 is 4.74 Å². The van der Waals surface area contributed by atoms with Gasteiger partial charge >= 0.3 is 0 Å². The molecule has 1 amide bonds. The monoisotopic (exact) mass is 400 g/mol. The first-order valence-corrected chi connectivity index (χ1v) is 9.82. The normalized spacial score (nSPS) is 16.0. The topological polar surface area (TPSA) is 111 Å². The third-order valence-corrected chi connectivity index (χ3v) is 5.33. The molecule has 1 unspecified atom stereocenters. The van der Waals surface area contributed by atoms with Crippen LogP contribution >= 0.6 is 11.3 Å². The molecule has 10 nitrogen and oxygen atoms in total. The SMILES string of the molecule is O=C(Nc1nnc(CCN2CCOCC2)s1)C(c1ccccc1)n1cnnn1. The predicted molar refractivity (Wildman–Crippen MR) is 102 cm³/mol. The van der Waals surface area contributed by atoms with E-state index in [9.17, 15) is 4.79 Å². The summed E-state index contributed by atoms with van der Waals surface area (Å²) in [7, 11) is 0. The molecule has 3 heterocycles. The fourth-order valence-electron chi connectivity index (χ4n) is 3.00. The molecule has 1 aliphatic heterocycles. The van der Waals surface area contributed by atoms with Gasteiger partial charge in [0, 0.05) is 26.1 Å². The third-order valence-electron chi connectivity index (χ3n) is 4.44. The van der Waals surface area contributed by atoms with Gasteiger partial charge in [0.05, 0.1) is 13.2 Å². The summed E-state index contributed by atoms with van der Waals surface area (Å²) < 4.78 is 6.78. The number of aromatic nitrogens is 6. The van der Waals surface area contributed by atoms with Crippen molar-refractivity contribution in [2.24, 2.45) is 0 Å². The summed E-state index contributed by atoms with van der Waals surface area (Å²) in [4.78, 5) is 15.3. The van der Waals surface area contributed by atoms with Gasteiger partial charge in [0.1, 0.15) is 11.3 Å². The average Bonchev–Trinajstić information content (AvgIpc) is 3.41. The molecule has 0 spiro atoms. The maximum atomic E-state index is 12.9. The number of nitrogens with one attached hydrogen (secondary N) is 1. The van der Waals surface area contributed by atoms with Gasteiger partial charge in [-0.1, -0.05) is 41.7 Å². The molecule has 1 atom stereocenters. The largest absolute Gasteiger partial charge is 0.379 e. The van der Waals surface area contributed by atoms with Crippen LogP contribution in [-0.2, 0) is 16.0 Å². The summed E-state index contributed by atoms with van der Waals surface area (Å²) in [6.07, 6.45) is 2.22. The Labute approximate surface area is 165 Å². The highest BCUT2D eigenvalue weighted by molar-refractivity contribution is 7.15. The van der Waals surface area contributed by atoms with Gasteiger partial charge in [-0.15, -0.1) is 15.3 Å². The van der Waals surface area contributed by atoms with Gasteiger partial charge in [0.25, 0.3) is 5.91 Å². The molecule has 4 rings (SSSR count). The molecule has 11 heteroatoms. The smallest absolute Gasteiger partial charge is 0.255 e. The van der Waals surface area contributed by atoms with E-state index in [1.807, 2.05) is 30.3 Å². The lowest BCUT2D eigenvalue weighted by Crippen LogP contribution is -2.37. The second-order valence-electron chi connectivity index (χ2n) is 6.30. The van der Waals surface area contributed by atoms with E-state index in [4.69, 9.17) is 4.74 Å². The van der Waals surface area contributed by atoms with Gasteiger partial charge in [-0.25, -0.2) is 4.68 Å². The molecule has 0 bridgehead atoms. The van der Waals surface area contributed by atoms with E-state index in [-0.39, 0.29) is 5.91 Å². The molecule has 0 radical (unpaired) electrons. The lowest BCUT2D eigenvalue weighted by molar-refractivity contribution is -0.118. The van der Waals surface area contributed by atoms with Crippen molar-refractivity contribution in [1.29, 1.82) is 0 Å². The molecule has 146 valence electrons. The minimum absolute atomic E-state index is 0.269. The lowest BCUT2D eigenvalue weighted by atomic mass is 10.1. The van der Waals surface area contributed by atoms with E-state index in [2.05, 4.69) is 35.9 Å². The molecular formula is C17H20N8O2S. The molecule has 2 aromatic heterocycles. The summed E-state index contributed by atoms with van der Waals surface area (Å²) in [5.41, 5.74) is 0.782. The minimum atomic E-state index is -0.683. The van der Waals surface area contributed by atoms with Crippen LogP contribution in [-0.4, -0.2) is 74.1 Å². The van der Waals surface area contributed by atoms with Crippen LogP contribution in [0.3, 0.4) is 0 Å². The summed E-state index contributed by atoms with van der Waals surface area (Å²) >= 11 is 1.39. The van der Waals surface area contributed by atoms with Crippen molar-refractivity contribution in [2.45, 2.75) is 12.5 Å². The highest BCUT2D eigenvalue weighted by atomic mass is 32.1. The number of benzene rings is 1. The van der Waals surface area contributed by atoms with E-state index in [0.717, 1.165) is 49.8 Å². The predicted octanol–water partition coefficient (Wildman–Crippen LogP) is 0.627. The Morgan fingerprint density at radius 3 is 2.79 bits per heavy atom. The zero-order valence-corrected chi connectivity index (χ0v) is 16.0. The Kier molecular flexibility index (Phi) is 5.95. The number of hydrogen-bond acceptors (Lipinski definition) is 9. The van der Waals surface area contributed by atoms with Crippen molar-refractivity contribution < 1.29 is 9.53 Å². The van der Waals surface area contributed by atoms with E-state index in [1.54, 1.807) is 0 Å². The molecule has 0 aliphatic carbocycles. The van der Waals surface area contributed by atoms with Crippen LogP contribution in [0.15, 0.2) is 36.7 Å². The van der Waals surface area contributed by atoms with Crippen LogP contribution in [0.5, 0.6) is 0 Å². The Hall–Kier alpha value is -2.76. The number of carbonyl (C=O) groups excluding carboxylic acids is 1. The van der Waals surface area contributed by atoms with Crippen molar-refractivity contribution in [2.75, 3.05) is 38.2 Å². The summed E-state index contributed by atoms with van der Waals surface area (Å²) in [5, 5.41) is 23.7. The number of ether oxygens (including phenoxy) is 1. The number of anilines is 1. The Balaban J connectivity index is 1.41. The summed E-state index contributed by atoms with van der Waals surface area (Å²) in [6.45, 7) is 4.33. The maximum Gasteiger partial charge on any atom is 0.255 e. The van der Waals surface area contributed by atoms with Crippen molar-refractivity contribution in [3.63, 3.8) is 0 Å². The zero-order chi connectivity index (χ0) is 19.2. The van der Waals surface area contributed by atoms with E-state index in [0.29, 0.717) is 5.13 Å². The van der Waals surface area contributed by atoms with Crippen LogP contribution in [0.2, 0.25) is 0 Å². The van der Waals surface area contributed by atoms with Gasteiger partial charge in [-0.3, -0.25) is 15.0 Å². The number of morpholine rings is 1. The van der Waals surface area contributed by atoms with Crippen LogP contribution in [0.25, 0.3) is 0 Å². The highest BCUT2D eigenvalue weighted by Crippen LogP contribution is 2.21. The molecule has 0 saturated carbocycles. The molecule has 1 aliphatic rings. The molecule has 1 saturated heterocycles. The van der Waals surface area contributed by atoms with E-state index in [1.165, 1.54) is 22.3 Å². The summed E-state index contributed by atoms with van der Waals surface area (Å²) in [6, 6.07) is 8.67. The average molecular weight is 400 g/mol.